The van der Waals surface area contributed by atoms with E-state index in [1.165, 1.54) is 0 Å². The van der Waals surface area contributed by atoms with Crippen LogP contribution in [0.2, 0.25) is 0 Å². The first-order valence-corrected chi connectivity index (χ1v) is 13.2. The number of aliphatic carboxylic acids is 1. The number of para-hydroxylation sites is 1. The molecule has 36 heavy (non-hydrogen) atoms. The lowest BCUT2D eigenvalue weighted by Gasteiger charge is -2.19. The molecule has 7 nitrogen and oxygen atoms in total. The van der Waals surface area contributed by atoms with Gasteiger partial charge in [0, 0.05) is 12.1 Å². The van der Waals surface area contributed by atoms with Crippen molar-refractivity contribution in [2.75, 3.05) is 17.9 Å². The van der Waals surface area contributed by atoms with Crippen LogP contribution in [-0.2, 0) is 21.2 Å². The zero-order chi connectivity index (χ0) is 26.5. The Hall–Kier alpha value is -3.52. The molecule has 0 fully saturated rings. The zero-order valence-electron chi connectivity index (χ0n) is 21.3. The molecule has 192 valence electrons. The number of aryl methyl sites for hydroxylation is 1. The van der Waals surface area contributed by atoms with Gasteiger partial charge in [0.25, 0.3) is 10.0 Å². The first-order valence-electron chi connectivity index (χ1n) is 11.8. The molecule has 0 bridgehead atoms. The van der Waals surface area contributed by atoms with Crippen LogP contribution in [0.25, 0.3) is 0 Å². The number of carboxylic acids is 1. The lowest BCUT2D eigenvalue weighted by atomic mass is 9.95. The van der Waals surface area contributed by atoms with Crippen molar-refractivity contribution in [3.8, 4) is 11.5 Å². The summed E-state index contributed by atoms with van der Waals surface area (Å²) < 4.78 is 40.6. The minimum Gasteiger partial charge on any atom is -0.490 e. The van der Waals surface area contributed by atoms with E-state index < -0.39 is 16.0 Å². The Kier molecular flexibility index (Phi) is 8.63. The fourth-order valence-electron chi connectivity index (χ4n) is 4.10. The third-order valence-electron chi connectivity index (χ3n) is 6.50. The molecule has 0 aromatic heterocycles. The highest BCUT2D eigenvalue weighted by Crippen LogP contribution is 2.31. The summed E-state index contributed by atoms with van der Waals surface area (Å²) >= 11 is 0. The molecule has 3 aromatic rings. The molecule has 3 aromatic carbocycles. The van der Waals surface area contributed by atoms with Gasteiger partial charge >= 0.3 is 5.97 Å². The third kappa shape index (κ3) is 6.37. The molecule has 8 heteroatoms. The maximum Gasteiger partial charge on any atom is 0.303 e. The van der Waals surface area contributed by atoms with Crippen LogP contribution in [0.1, 0.15) is 39.8 Å². The first kappa shape index (κ1) is 27.1. The molecular weight excluding hydrogens is 478 g/mol. The van der Waals surface area contributed by atoms with E-state index in [-0.39, 0.29) is 19.6 Å². The lowest BCUT2D eigenvalue weighted by molar-refractivity contribution is -0.136. The molecule has 3 rings (SSSR count). The van der Waals surface area contributed by atoms with Crippen molar-refractivity contribution in [3.05, 3.63) is 81.9 Å². The molecule has 0 unspecified atom stereocenters. The predicted molar refractivity (Wildman–Crippen MR) is 141 cm³/mol. The highest BCUT2D eigenvalue weighted by molar-refractivity contribution is 7.92. The van der Waals surface area contributed by atoms with E-state index in [0.717, 1.165) is 33.4 Å². The van der Waals surface area contributed by atoms with Crippen molar-refractivity contribution in [2.45, 2.75) is 52.4 Å². The summed E-state index contributed by atoms with van der Waals surface area (Å²) in [5.74, 6) is 0.364. The Labute approximate surface area is 213 Å². The normalized spacial score (nSPS) is 11.2. The summed E-state index contributed by atoms with van der Waals surface area (Å²) in [4.78, 5) is 11.2. The second-order valence-corrected chi connectivity index (χ2v) is 10.4. The largest absolute Gasteiger partial charge is 0.490 e. The zero-order valence-corrected chi connectivity index (χ0v) is 22.2. The van der Waals surface area contributed by atoms with Gasteiger partial charge in [-0.1, -0.05) is 18.2 Å². The van der Waals surface area contributed by atoms with Gasteiger partial charge in [-0.15, -0.1) is 0 Å². The lowest BCUT2D eigenvalue weighted by Crippen LogP contribution is -2.17. The van der Waals surface area contributed by atoms with Crippen LogP contribution >= 0.6 is 0 Å². The van der Waals surface area contributed by atoms with Crippen LogP contribution in [0.4, 0.5) is 5.69 Å². The molecule has 2 N–H and O–H groups in total. The maximum absolute atomic E-state index is 13.2. The van der Waals surface area contributed by atoms with Crippen LogP contribution in [0.15, 0.2) is 53.4 Å². The maximum atomic E-state index is 13.2. The van der Waals surface area contributed by atoms with Crippen molar-refractivity contribution in [1.82, 2.24) is 0 Å². The quantitative estimate of drug-likeness (QED) is 0.330. The molecule has 0 aliphatic rings. The summed E-state index contributed by atoms with van der Waals surface area (Å²) in [6, 6.07) is 14.1. The summed E-state index contributed by atoms with van der Waals surface area (Å²) in [5, 5.41) is 8.90. The van der Waals surface area contributed by atoms with Gasteiger partial charge in [-0.3, -0.25) is 9.52 Å². The second kappa shape index (κ2) is 11.5. The third-order valence-corrected chi connectivity index (χ3v) is 8.15. The van der Waals surface area contributed by atoms with Gasteiger partial charge in [0.2, 0.25) is 0 Å². The highest BCUT2D eigenvalue weighted by atomic mass is 32.2. The van der Waals surface area contributed by atoms with Gasteiger partial charge in [0.1, 0.15) is 24.7 Å². The number of nitrogens with one attached hydrogen (secondary N) is 1. The number of carboxylic acid groups (broad SMARTS) is 1. The average molecular weight is 512 g/mol. The number of sulfonamides is 1. The Morgan fingerprint density at radius 1 is 0.806 bits per heavy atom. The van der Waals surface area contributed by atoms with Crippen LogP contribution in [0, 0.1) is 34.6 Å². The van der Waals surface area contributed by atoms with Gasteiger partial charge in [-0.25, -0.2) is 8.42 Å². The molecule has 0 atom stereocenters. The number of rotatable bonds is 11. The van der Waals surface area contributed by atoms with Crippen LogP contribution in [-0.4, -0.2) is 32.7 Å². The molecule has 0 aliphatic carbocycles. The van der Waals surface area contributed by atoms with E-state index in [0.29, 0.717) is 28.5 Å². The van der Waals surface area contributed by atoms with Gasteiger partial charge in [0.05, 0.1) is 4.90 Å². The van der Waals surface area contributed by atoms with Gasteiger partial charge in [0.15, 0.2) is 0 Å². The molecule has 0 aliphatic heterocycles. The number of benzene rings is 3. The van der Waals surface area contributed by atoms with E-state index in [2.05, 4.69) is 4.72 Å². The Morgan fingerprint density at radius 3 is 1.97 bits per heavy atom. The molecule has 0 saturated heterocycles. The van der Waals surface area contributed by atoms with E-state index in [4.69, 9.17) is 14.6 Å². The summed E-state index contributed by atoms with van der Waals surface area (Å²) in [5.41, 5.74) is 5.86. The highest BCUT2D eigenvalue weighted by Gasteiger charge is 2.23. The molecule has 0 saturated carbocycles. The SMILES string of the molecule is Cc1c(C)c(C)c(S(=O)(=O)Nc2ccc(OCCOc3ccccc3CCC(=O)O)cc2)c(C)c1C. The van der Waals surface area contributed by atoms with E-state index in [1.807, 2.05) is 52.8 Å². The van der Waals surface area contributed by atoms with Gasteiger partial charge in [-0.05, 0) is 105 Å². The minimum absolute atomic E-state index is 0.0369. The first-order chi connectivity index (χ1) is 17.0. The summed E-state index contributed by atoms with van der Waals surface area (Å²) in [6.45, 7) is 10.1. The number of hydrogen-bond acceptors (Lipinski definition) is 5. The van der Waals surface area contributed by atoms with Crippen LogP contribution in [0.5, 0.6) is 11.5 Å². The second-order valence-electron chi connectivity index (χ2n) is 8.78. The van der Waals surface area contributed by atoms with E-state index in [1.54, 1.807) is 30.3 Å². The summed E-state index contributed by atoms with van der Waals surface area (Å²) in [7, 11) is -3.76. The molecule has 0 spiro atoms. The number of hydrogen-bond donors (Lipinski definition) is 2. The van der Waals surface area contributed by atoms with Gasteiger partial charge in [-0.2, -0.15) is 0 Å². The smallest absolute Gasteiger partial charge is 0.303 e. The molecule has 0 heterocycles. The fraction of sp³-hybridized carbons (Fsp3) is 0.321. The number of carbonyl (C=O) groups is 1. The molecule has 0 amide bonds. The van der Waals surface area contributed by atoms with Gasteiger partial charge < -0.3 is 14.6 Å². The summed E-state index contributed by atoms with van der Waals surface area (Å²) in [6.07, 6.45) is 0.430. The average Bonchev–Trinajstić information content (AvgIpc) is 2.84. The number of anilines is 1. The van der Waals surface area contributed by atoms with Crippen molar-refractivity contribution in [1.29, 1.82) is 0 Å². The van der Waals surface area contributed by atoms with E-state index >= 15 is 0 Å². The fourth-order valence-corrected chi connectivity index (χ4v) is 5.76. The standard InChI is InChI=1S/C28H33NO6S/c1-18-19(2)21(4)28(22(5)20(18)3)36(32,33)29-24-11-13-25(14-12-24)34-16-17-35-26-9-7-6-8-23(26)10-15-27(30)31/h6-9,11-14,29H,10,15-17H2,1-5H3,(H,30,31). The Bertz CT molecular complexity index is 1320. The van der Waals surface area contributed by atoms with E-state index in [9.17, 15) is 13.2 Å². The Balaban J connectivity index is 1.60. The van der Waals surface area contributed by atoms with Crippen molar-refractivity contribution >= 4 is 21.7 Å². The topological polar surface area (TPSA) is 102 Å². The van der Waals surface area contributed by atoms with Crippen molar-refractivity contribution in [3.63, 3.8) is 0 Å². The Morgan fingerprint density at radius 2 is 1.36 bits per heavy atom. The monoisotopic (exact) mass is 511 g/mol. The van der Waals surface area contributed by atoms with Crippen molar-refractivity contribution in [2.24, 2.45) is 0 Å². The van der Waals surface area contributed by atoms with Crippen molar-refractivity contribution < 1.29 is 27.8 Å². The van der Waals surface area contributed by atoms with Crippen LogP contribution < -0.4 is 14.2 Å². The molecule has 0 radical (unpaired) electrons. The van der Waals surface area contributed by atoms with Crippen LogP contribution in [0.3, 0.4) is 0 Å². The predicted octanol–water partition coefficient (Wildman–Crippen LogP) is 5.50. The minimum atomic E-state index is -3.76. The number of ether oxygens (including phenoxy) is 2. The molecular formula is C28H33NO6S.